The Morgan fingerprint density at radius 3 is 2.59 bits per heavy atom. The number of nitrogens with one attached hydrogen (secondary N) is 2. The maximum absolute atomic E-state index is 12.1. The van der Waals surface area contributed by atoms with Crippen molar-refractivity contribution in [1.29, 1.82) is 0 Å². The smallest absolute Gasteiger partial charge is 0.276 e. The van der Waals surface area contributed by atoms with E-state index in [1.807, 2.05) is 49.5 Å². The third-order valence-electron chi connectivity index (χ3n) is 3.79. The first-order valence-electron chi connectivity index (χ1n) is 8.45. The lowest BCUT2D eigenvalue weighted by atomic mass is 10.1. The summed E-state index contributed by atoms with van der Waals surface area (Å²) in [6, 6.07) is 16.3. The van der Waals surface area contributed by atoms with Gasteiger partial charge in [-0.3, -0.25) is 25.1 Å². The molecule has 0 saturated carbocycles. The minimum atomic E-state index is -0.444. The molecule has 0 aliphatic carbocycles. The molecule has 1 aromatic heterocycles. The van der Waals surface area contributed by atoms with Gasteiger partial charge < -0.3 is 4.74 Å². The molecule has 3 aromatic rings. The molecule has 2 amide bonds. The van der Waals surface area contributed by atoms with Crippen molar-refractivity contribution in [2.24, 2.45) is 0 Å². The number of rotatable bonds is 6. The maximum Gasteiger partial charge on any atom is 0.276 e. The number of carbonyl (C=O) groups excluding carboxylic acids is 2. The number of aromatic nitrogens is 2. The molecule has 2 aromatic carbocycles. The molecule has 0 bridgehead atoms. The molecule has 2 N–H and O–H groups in total. The highest BCUT2D eigenvalue weighted by Crippen LogP contribution is 2.11. The van der Waals surface area contributed by atoms with E-state index in [-0.39, 0.29) is 6.61 Å². The summed E-state index contributed by atoms with van der Waals surface area (Å²) in [4.78, 5) is 23.9. The van der Waals surface area contributed by atoms with E-state index >= 15 is 0 Å². The van der Waals surface area contributed by atoms with Gasteiger partial charge in [0.15, 0.2) is 6.61 Å². The van der Waals surface area contributed by atoms with Gasteiger partial charge in [0.1, 0.15) is 5.75 Å². The van der Waals surface area contributed by atoms with Crippen molar-refractivity contribution >= 4 is 11.8 Å². The molecule has 0 aliphatic rings. The quantitative estimate of drug-likeness (QED) is 0.656. The van der Waals surface area contributed by atoms with E-state index in [4.69, 9.17) is 4.74 Å². The van der Waals surface area contributed by atoms with E-state index in [2.05, 4.69) is 16.0 Å². The third-order valence-corrected chi connectivity index (χ3v) is 3.79. The molecule has 138 valence electrons. The Labute approximate surface area is 156 Å². The molecular formula is C20H20N4O3. The van der Waals surface area contributed by atoms with Crippen LogP contribution in [0.1, 0.15) is 21.5 Å². The summed E-state index contributed by atoms with van der Waals surface area (Å²) < 4.78 is 7.18. The minimum absolute atomic E-state index is 0.188. The Hall–Kier alpha value is -3.61. The molecule has 27 heavy (non-hydrogen) atoms. The summed E-state index contributed by atoms with van der Waals surface area (Å²) in [5.74, 6) is -0.242. The number of hydrogen-bond acceptors (Lipinski definition) is 4. The fraction of sp³-hybridized carbons (Fsp3) is 0.150. The lowest BCUT2D eigenvalue weighted by molar-refractivity contribution is -0.123. The summed E-state index contributed by atoms with van der Waals surface area (Å²) >= 11 is 0. The normalized spacial score (nSPS) is 10.3. The number of amides is 2. The van der Waals surface area contributed by atoms with Gasteiger partial charge in [-0.15, -0.1) is 0 Å². The average molecular weight is 364 g/mol. The summed E-state index contributed by atoms with van der Waals surface area (Å²) in [6.07, 6.45) is 3.59. The topological polar surface area (TPSA) is 85.3 Å². The minimum Gasteiger partial charge on any atom is -0.484 e. The van der Waals surface area contributed by atoms with E-state index < -0.39 is 11.8 Å². The van der Waals surface area contributed by atoms with Crippen LogP contribution < -0.4 is 15.6 Å². The van der Waals surface area contributed by atoms with Gasteiger partial charge in [-0.05, 0) is 48.4 Å². The van der Waals surface area contributed by atoms with Crippen molar-refractivity contribution in [2.75, 3.05) is 6.61 Å². The van der Waals surface area contributed by atoms with Gasteiger partial charge in [-0.1, -0.05) is 24.3 Å². The van der Waals surface area contributed by atoms with E-state index in [1.54, 1.807) is 29.1 Å². The third kappa shape index (κ3) is 5.43. The van der Waals surface area contributed by atoms with Crippen molar-refractivity contribution < 1.29 is 14.3 Å². The number of hydrazine groups is 1. The van der Waals surface area contributed by atoms with Crippen LogP contribution in [0.15, 0.2) is 67.0 Å². The Balaban J connectivity index is 1.45. The van der Waals surface area contributed by atoms with E-state index in [9.17, 15) is 9.59 Å². The second kappa shape index (κ2) is 8.66. The molecule has 0 radical (unpaired) electrons. The summed E-state index contributed by atoms with van der Waals surface area (Å²) in [5, 5.41) is 4.14. The van der Waals surface area contributed by atoms with Gasteiger partial charge in [-0.2, -0.15) is 5.10 Å². The molecule has 0 atom stereocenters. The largest absolute Gasteiger partial charge is 0.484 e. The summed E-state index contributed by atoms with van der Waals surface area (Å²) in [7, 11) is 0. The number of carbonyl (C=O) groups is 2. The van der Waals surface area contributed by atoms with Crippen LogP contribution in [0.2, 0.25) is 0 Å². The molecular weight excluding hydrogens is 344 g/mol. The molecule has 7 nitrogen and oxygen atoms in total. The fourth-order valence-corrected chi connectivity index (χ4v) is 2.43. The average Bonchev–Trinajstić information content (AvgIpc) is 3.18. The second-order valence-corrected chi connectivity index (χ2v) is 6.01. The second-order valence-electron chi connectivity index (χ2n) is 6.01. The van der Waals surface area contributed by atoms with Gasteiger partial charge in [0.2, 0.25) is 0 Å². The predicted molar refractivity (Wildman–Crippen MR) is 100 cm³/mol. The highest BCUT2D eigenvalue weighted by molar-refractivity contribution is 5.95. The lowest BCUT2D eigenvalue weighted by Gasteiger charge is -2.09. The van der Waals surface area contributed by atoms with Crippen molar-refractivity contribution in [1.82, 2.24) is 20.6 Å². The zero-order valence-corrected chi connectivity index (χ0v) is 14.9. The first kappa shape index (κ1) is 18.2. The molecule has 0 fully saturated rings. The van der Waals surface area contributed by atoms with Gasteiger partial charge in [0.05, 0.1) is 6.54 Å². The van der Waals surface area contributed by atoms with Crippen LogP contribution in [-0.2, 0) is 11.3 Å². The van der Waals surface area contributed by atoms with Crippen molar-refractivity contribution in [2.45, 2.75) is 13.5 Å². The zero-order chi connectivity index (χ0) is 19.1. The van der Waals surface area contributed by atoms with Crippen LogP contribution in [0.25, 0.3) is 0 Å². The molecule has 3 rings (SSSR count). The first-order chi connectivity index (χ1) is 13.1. The fourth-order valence-electron chi connectivity index (χ4n) is 2.43. The van der Waals surface area contributed by atoms with Crippen LogP contribution >= 0.6 is 0 Å². The monoisotopic (exact) mass is 364 g/mol. The molecule has 1 heterocycles. The number of ether oxygens (including phenoxy) is 1. The van der Waals surface area contributed by atoms with E-state index in [1.165, 1.54) is 0 Å². The number of benzene rings is 2. The highest BCUT2D eigenvalue weighted by Gasteiger charge is 2.08. The Morgan fingerprint density at radius 1 is 1.07 bits per heavy atom. The number of hydrogen-bond donors (Lipinski definition) is 2. The molecule has 7 heteroatoms. The molecule has 0 aliphatic heterocycles. The van der Waals surface area contributed by atoms with Gasteiger partial charge >= 0.3 is 0 Å². The summed E-state index contributed by atoms with van der Waals surface area (Å²) in [5.41, 5.74) is 7.22. The standard InChI is InChI=1S/C20H20N4O3/c1-15-4-2-5-18(12-15)27-14-19(25)22-23-20(26)17-8-6-16(7-9-17)13-24-11-3-10-21-24/h2-12H,13-14H2,1H3,(H,22,25)(H,23,26). The SMILES string of the molecule is Cc1cccc(OCC(=O)NNC(=O)c2ccc(Cn3cccn3)cc2)c1. The van der Waals surface area contributed by atoms with Crippen LogP contribution in [0.5, 0.6) is 5.75 Å². The highest BCUT2D eigenvalue weighted by atomic mass is 16.5. The Bertz CT molecular complexity index is 905. The van der Waals surface area contributed by atoms with Crippen LogP contribution in [0.3, 0.4) is 0 Å². The van der Waals surface area contributed by atoms with Crippen LogP contribution in [-0.4, -0.2) is 28.2 Å². The molecule has 0 spiro atoms. The Kier molecular flexibility index (Phi) is 5.84. The van der Waals surface area contributed by atoms with Crippen molar-refractivity contribution in [3.63, 3.8) is 0 Å². The van der Waals surface area contributed by atoms with E-state index in [0.717, 1.165) is 11.1 Å². The van der Waals surface area contributed by atoms with Gasteiger partial charge in [-0.25, -0.2) is 0 Å². The van der Waals surface area contributed by atoms with Gasteiger partial charge in [0, 0.05) is 18.0 Å². The molecule has 0 unspecified atom stereocenters. The maximum atomic E-state index is 12.1. The van der Waals surface area contributed by atoms with Crippen molar-refractivity contribution in [3.05, 3.63) is 83.7 Å². The predicted octanol–water partition coefficient (Wildman–Crippen LogP) is 2.08. The van der Waals surface area contributed by atoms with Crippen LogP contribution in [0, 0.1) is 6.92 Å². The molecule has 0 saturated heterocycles. The number of nitrogens with zero attached hydrogens (tertiary/aromatic N) is 2. The van der Waals surface area contributed by atoms with E-state index in [0.29, 0.717) is 17.9 Å². The van der Waals surface area contributed by atoms with Crippen molar-refractivity contribution in [3.8, 4) is 5.75 Å². The van der Waals surface area contributed by atoms with Gasteiger partial charge in [0.25, 0.3) is 11.8 Å². The summed E-state index contributed by atoms with van der Waals surface area (Å²) in [6.45, 7) is 2.38. The first-order valence-corrected chi connectivity index (χ1v) is 8.45. The Morgan fingerprint density at radius 2 is 1.89 bits per heavy atom. The lowest BCUT2D eigenvalue weighted by Crippen LogP contribution is -2.43. The zero-order valence-electron chi connectivity index (χ0n) is 14.9. The van der Waals surface area contributed by atoms with Crippen LogP contribution in [0.4, 0.5) is 0 Å². The number of aryl methyl sites for hydroxylation is 1.